The fourth-order valence-corrected chi connectivity index (χ4v) is 3.27. The first-order valence-electron chi connectivity index (χ1n) is 8.01. The standard InChI is InChI=1S/C19H20ClFN2O/c1-13(22(2)12-15-16(20)7-5-8-17(15)21)19(24)23-11-10-14-6-3-4-9-18(14)23/h3-9,13H,10-12H2,1-2H3/t13-/m0/s1. The number of nitrogens with zero attached hydrogens (tertiary/aromatic N) is 2. The Labute approximate surface area is 146 Å². The Morgan fingerprint density at radius 3 is 2.79 bits per heavy atom. The summed E-state index contributed by atoms with van der Waals surface area (Å²) in [5.74, 6) is -0.324. The van der Waals surface area contributed by atoms with E-state index in [0.717, 1.165) is 12.1 Å². The number of para-hydroxylation sites is 1. The van der Waals surface area contributed by atoms with E-state index in [0.29, 0.717) is 17.1 Å². The lowest BCUT2D eigenvalue weighted by atomic mass is 10.1. The highest BCUT2D eigenvalue weighted by atomic mass is 35.5. The first kappa shape index (κ1) is 16.9. The van der Waals surface area contributed by atoms with Gasteiger partial charge in [0.25, 0.3) is 0 Å². The van der Waals surface area contributed by atoms with Crippen LogP contribution in [0.15, 0.2) is 42.5 Å². The first-order chi connectivity index (χ1) is 11.5. The minimum Gasteiger partial charge on any atom is -0.310 e. The van der Waals surface area contributed by atoms with Crippen molar-refractivity contribution >= 4 is 23.2 Å². The molecule has 0 unspecified atom stereocenters. The first-order valence-corrected chi connectivity index (χ1v) is 8.39. The van der Waals surface area contributed by atoms with Gasteiger partial charge in [-0.15, -0.1) is 0 Å². The average Bonchev–Trinajstić information content (AvgIpc) is 3.01. The monoisotopic (exact) mass is 346 g/mol. The molecule has 0 radical (unpaired) electrons. The Bertz CT molecular complexity index is 745. The Morgan fingerprint density at radius 1 is 1.29 bits per heavy atom. The number of hydrogen-bond donors (Lipinski definition) is 0. The zero-order chi connectivity index (χ0) is 17.3. The fourth-order valence-electron chi connectivity index (χ4n) is 3.05. The molecule has 1 amide bonds. The molecule has 0 aliphatic carbocycles. The lowest BCUT2D eigenvalue weighted by Crippen LogP contribution is -2.45. The number of likely N-dealkylation sites (N-methyl/N-ethyl adjacent to an activating group) is 1. The van der Waals surface area contributed by atoms with Gasteiger partial charge in [0.1, 0.15) is 5.82 Å². The third-order valence-electron chi connectivity index (χ3n) is 4.64. The number of amides is 1. The summed E-state index contributed by atoms with van der Waals surface area (Å²) in [5.41, 5.74) is 2.59. The zero-order valence-corrected chi connectivity index (χ0v) is 14.6. The molecule has 24 heavy (non-hydrogen) atoms. The van der Waals surface area contributed by atoms with E-state index < -0.39 is 0 Å². The Morgan fingerprint density at radius 2 is 2.04 bits per heavy atom. The summed E-state index contributed by atoms with van der Waals surface area (Å²) in [4.78, 5) is 16.5. The number of hydrogen-bond acceptors (Lipinski definition) is 2. The van der Waals surface area contributed by atoms with E-state index in [1.165, 1.54) is 11.6 Å². The summed E-state index contributed by atoms with van der Waals surface area (Å²) in [6.07, 6.45) is 0.873. The van der Waals surface area contributed by atoms with Gasteiger partial charge in [0, 0.05) is 29.4 Å². The highest BCUT2D eigenvalue weighted by molar-refractivity contribution is 6.31. The van der Waals surface area contributed by atoms with Crippen LogP contribution in [0.3, 0.4) is 0 Å². The minimum atomic E-state index is -0.369. The fraction of sp³-hybridized carbons (Fsp3) is 0.316. The Hall–Kier alpha value is -1.91. The lowest BCUT2D eigenvalue weighted by Gasteiger charge is -2.28. The molecule has 2 aromatic carbocycles. The third kappa shape index (κ3) is 3.17. The molecule has 3 rings (SSSR count). The molecule has 126 valence electrons. The van der Waals surface area contributed by atoms with Gasteiger partial charge in [-0.1, -0.05) is 35.9 Å². The van der Waals surface area contributed by atoms with Crippen LogP contribution in [-0.4, -0.2) is 30.4 Å². The lowest BCUT2D eigenvalue weighted by molar-refractivity contribution is -0.122. The van der Waals surface area contributed by atoms with Gasteiger partial charge in [0.05, 0.1) is 6.04 Å². The molecule has 0 aromatic heterocycles. The van der Waals surface area contributed by atoms with Crippen LogP contribution in [0.4, 0.5) is 10.1 Å². The summed E-state index contributed by atoms with van der Waals surface area (Å²) < 4.78 is 14.0. The summed E-state index contributed by atoms with van der Waals surface area (Å²) in [5, 5.41) is 0.382. The summed E-state index contributed by atoms with van der Waals surface area (Å²) in [6, 6.07) is 12.2. The number of anilines is 1. The highest BCUT2D eigenvalue weighted by Gasteiger charge is 2.30. The van der Waals surface area contributed by atoms with E-state index in [2.05, 4.69) is 6.07 Å². The molecular weight excluding hydrogens is 327 g/mol. The molecule has 0 fully saturated rings. The number of fused-ring (bicyclic) bond motifs is 1. The van der Waals surface area contributed by atoms with Crippen molar-refractivity contribution in [2.45, 2.75) is 25.9 Å². The van der Waals surface area contributed by atoms with Crippen LogP contribution in [0, 0.1) is 5.82 Å². The number of rotatable bonds is 4. The predicted octanol–water partition coefficient (Wildman–Crippen LogP) is 3.89. The molecule has 5 heteroatoms. The molecule has 0 N–H and O–H groups in total. The Balaban J connectivity index is 1.74. The molecule has 1 atom stereocenters. The summed E-state index contributed by atoms with van der Waals surface area (Å²) in [7, 11) is 1.81. The van der Waals surface area contributed by atoms with Crippen LogP contribution < -0.4 is 4.90 Å². The molecule has 1 aliphatic heterocycles. The number of carbonyl (C=O) groups is 1. The SMILES string of the molecule is C[C@@H](C(=O)N1CCc2ccccc21)N(C)Cc1c(F)cccc1Cl. The van der Waals surface area contributed by atoms with Gasteiger partial charge in [0.15, 0.2) is 0 Å². The van der Waals surface area contributed by atoms with E-state index in [4.69, 9.17) is 11.6 Å². The minimum absolute atomic E-state index is 0.0231. The normalized spacial score (nSPS) is 14.8. The second kappa shape index (κ2) is 6.91. The van der Waals surface area contributed by atoms with Crippen molar-refractivity contribution < 1.29 is 9.18 Å². The molecule has 0 bridgehead atoms. The van der Waals surface area contributed by atoms with Gasteiger partial charge in [-0.25, -0.2) is 4.39 Å². The summed E-state index contributed by atoms with van der Waals surface area (Å²) >= 11 is 6.09. The van der Waals surface area contributed by atoms with Gasteiger partial charge in [-0.3, -0.25) is 9.69 Å². The molecule has 2 aromatic rings. The molecule has 0 saturated heterocycles. The van der Waals surface area contributed by atoms with Crippen molar-refractivity contribution in [2.24, 2.45) is 0 Å². The van der Waals surface area contributed by atoms with Crippen LogP contribution in [0.5, 0.6) is 0 Å². The smallest absolute Gasteiger partial charge is 0.244 e. The van der Waals surface area contributed by atoms with Gasteiger partial charge in [-0.05, 0) is 44.2 Å². The number of benzene rings is 2. The second-order valence-electron chi connectivity index (χ2n) is 6.16. The average molecular weight is 347 g/mol. The second-order valence-corrected chi connectivity index (χ2v) is 6.57. The molecular formula is C19H20ClFN2O. The molecule has 0 saturated carbocycles. The van der Waals surface area contributed by atoms with Gasteiger partial charge >= 0.3 is 0 Å². The largest absolute Gasteiger partial charge is 0.310 e. The zero-order valence-electron chi connectivity index (χ0n) is 13.8. The van der Waals surface area contributed by atoms with Crippen molar-refractivity contribution in [3.63, 3.8) is 0 Å². The Kier molecular flexibility index (Phi) is 4.88. The predicted molar refractivity (Wildman–Crippen MR) is 94.8 cm³/mol. The number of halogens is 2. The molecule has 0 spiro atoms. The van der Waals surface area contributed by atoms with Gasteiger partial charge < -0.3 is 4.90 Å². The van der Waals surface area contributed by atoms with Crippen molar-refractivity contribution in [3.8, 4) is 0 Å². The van der Waals surface area contributed by atoms with Crippen LogP contribution in [0.2, 0.25) is 5.02 Å². The van der Waals surface area contributed by atoms with Crippen LogP contribution in [0.25, 0.3) is 0 Å². The molecule has 1 aliphatic rings. The topological polar surface area (TPSA) is 23.6 Å². The number of carbonyl (C=O) groups excluding carboxylic acids is 1. The van der Waals surface area contributed by atoms with Crippen LogP contribution in [-0.2, 0) is 17.8 Å². The van der Waals surface area contributed by atoms with E-state index in [-0.39, 0.29) is 24.3 Å². The van der Waals surface area contributed by atoms with Crippen molar-refractivity contribution in [1.82, 2.24) is 4.90 Å². The van der Waals surface area contributed by atoms with Crippen molar-refractivity contribution in [1.29, 1.82) is 0 Å². The van der Waals surface area contributed by atoms with Crippen LogP contribution in [0.1, 0.15) is 18.1 Å². The maximum absolute atomic E-state index is 14.0. The highest BCUT2D eigenvalue weighted by Crippen LogP contribution is 2.29. The maximum Gasteiger partial charge on any atom is 0.244 e. The van der Waals surface area contributed by atoms with E-state index >= 15 is 0 Å². The van der Waals surface area contributed by atoms with E-state index in [1.807, 2.05) is 42.0 Å². The van der Waals surface area contributed by atoms with Crippen molar-refractivity contribution in [2.75, 3.05) is 18.5 Å². The van der Waals surface area contributed by atoms with Crippen molar-refractivity contribution in [3.05, 3.63) is 64.4 Å². The van der Waals surface area contributed by atoms with E-state index in [1.54, 1.807) is 12.1 Å². The molecule has 1 heterocycles. The van der Waals surface area contributed by atoms with Gasteiger partial charge in [-0.2, -0.15) is 0 Å². The quantitative estimate of drug-likeness (QED) is 0.838. The molecule has 3 nitrogen and oxygen atoms in total. The maximum atomic E-state index is 14.0. The van der Waals surface area contributed by atoms with E-state index in [9.17, 15) is 9.18 Å². The van der Waals surface area contributed by atoms with Gasteiger partial charge in [0.2, 0.25) is 5.91 Å². The third-order valence-corrected chi connectivity index (χ3v) is 5.00. The van der Waals surface area contributed by atoms with Crippen LogP contribution >= 0.6 is 11.6 Å². The summed E-state index contributed by atoms with van der Waals surface area (Å²) in [6.45, 7) is 2.82.